The van der Waals surface area contributed by atoms with Gasteiger partial charge in [0.05, 0.1) is 16.5 Å². The zero-order chi connectivity index (χ0) is 21.3. The average molecular weight is 415 g/mol. The van der Waals surface area contributed by atoms with Crippen LogP contribution < -0.4 is 10.0 Å². The summed E-state index contributed by atoms with van der Waals surface area (Å²) in [5, 5.41) is 11.1. The molecule has 0 aliphatic carbocycles. The topological polar surface area (TPSA) is 125 Å². The monoisotopic (exact) mass is 415 g/mol. The van der Waals surface area contributed by atoms with Crippen molar-refractivity contribution in [3.05, 3.63) is 65.2 Å². The predicted octanol–water partition coefficient (Wildman–Crippen LogP) is 1.66. The summed E-state index contributed by atoms with van der Waals surface area (Å²) in [6, 6.07) is 14.5. The summed E-state index contributed by atoms with van der Waals surface area (Å²) in [5.74, 6) is -1.18. The summed E-state index contributed by atoms with van der Waals surface area (Å²) in [6.45, 7) is 1.82. The molecule has 0 heterocycles. The number of ether oxygens (including phenoxy) is 1. The number of sulfonamides is 1. The first-order valence-corrected chi connectivity index (χ1v) is 10.3. The van der Waals surface area contributed by atoms with Crippen molar-refractivity contribution in [1.29, 1.82) is 5.26 Å². The maximum absolute atomic E-state index is 12.0. The van der Waals surface area contributed by atoms with E-state index in [2.05, 4.69) is 10.0 Å². The zero-order valence-corrected chi connectivity index (χ0v) is 16.7. The summed E-state index contributed by atoms with van der Waals surface area (Å²) in [5.41, 5.74) is 2.13. The standard InChI is InChI=1S/C20H21N3O5S/c1-15-5-2-3-6-17(15)13-22-19(24)14-28-20(25)16-7-9-18(10-8-16)29(26,27)23-12-4-11-21/h2-3,5-10,23H,4,12-14H2,1H3,(H,22,24). The van der Waals surface area contributed by atoms with E-state index in [4.69, 9.17) is 10.00 Å². The Morgan fingerprint density at radius 3 is 2.45 bits per heavy atom. The number of nitriles is 1. The molecule has 2 aromatic rings. The summed E-state index contributed by atoms with van der Waals surface area (Å²) >= 11 is 0. The van der Waals surface area contributed by atoms with Crippen molar-refractivity contribution in [2.24, 2.45) is 0 Å². The van der Waals surface area contributed by atoms with Gasteiger partial charge in [0.1, 0.15) is 0 Å². The van der Waals surface area contributed by atoms with Crippen LogP contribution in [0.1, 0.15) is 27.9 Å². The molecule has 0 saturated carbocycles. The lowest BCUT2D eigenvalue weighted by atomic mass is 10.1. The van der Waals surface area contributed by atoms with E-state index in [-0.39, 0.29) is 23.4 Å². The number of carbonyl (C=O) groups is 2. The molecule has 152 valence electrons. The van der Waals surface area contributed by atoms with Gasteiger partial charge in [-0.2, -0.15) is 5.26 Å². The molecule has 0 bridgehead atoms. The van der Waals surface area contributed by atoms with Crippen molar-refractivity contribution in [2.75, 3.05) is 13.2 Å². The lowest BCUT2D eigenvalue weighted by Gasteiger charge is -2.09. The lowest BCUT2D eigenvalue weighted by molar-refractivity contribution is -0.124. The Bertz CT molecular complexity index is 1010. The molecule has 29 heavy (non-hydrogen) atoms. The van der Waals surface area contributed by atoms with E-state index >= 15 is 0 Å². The highest BCUT2D eigenvalue weighted by molar-refractivity contribution is 7.89. The van der Waals surface area contributed by atoms with Crippen molar-refractivity contribution < 1.29 is 22.7 Å². The summed E-state index contributed by atoms with van der Waals surface area (Å²) in [4.78, 5) is 23.9. The maximum atomic E-state index is 12.0. The molecule has 0 radical (unpaired) electrons. The van der Waals surface area contributed by atoms with Crippen molar-refractivity contribution in [3.8, 4) is 6.07 Å². The normalized spacial score (nSPS) is 10.8. The van der Waals surface area contributed by atoms with Crippen molar-refractivity contribution >= 4 is 21.9 Å². The molecule has 0 aromatic heterocycles. The molecule has 0 atom stereocenters. The first kappa shape index (κ1) is 22.1. The largest absolute Gasteiger partial charge is 0.452 e. The van der Waals surface area contributed by atoms with Crippen LogP contribution in [-0.2, 0) is 26.1 Å². The third-order valence-electron chi connectivity index (χ3n) is 4.00. The summed E-state index contributed by atoms with van der Waals surface area (Å²) in [7, 11) is -3.76. The van der Waals surface area contributed by atoms with Gasteiger partial charge in [-0.1, -0.05) is 24.3 Å². The number of benzene rings is 2. The van der Waals surface area contributed by atoms with Crippen LogP contribution in [0.3, 0.4) is 0 Å². The van der Waals surface area contributed by atoms with E-state index in [1.165, 1.54) is 24.3 Å². The minimum atomic E-state index is -3.76. The summed E-state index contributed by atoms with van der Waals surface area (Å²) < 4.78 is 31.3. The minimum Gasteiger partial charge on any atom is -0.452 e. The average Bonchev–Trinajstić information content (AvgIpc) is 2.71. The van der Waals surface area contributed by atoms with Crippen LogP contribution in [0.15, 0.2) is 53.4 Å². The van der Waals surface area contributed by atoms with E-state index in [0.29, 0.717) is 6.54 Å². The van der Waals surface area contributed by atoms with E-state index in [1.54, 1.807) is 0 Å². The number of amides is 1. The quantitative estimate of drug-likeness (QED) is 0.474. The van der Waals surface area contributed by atoms with Crippen LogP contribution in [0.4, 0.5) is 0 Å². The molecule has 0 fully saturated rings. The molecule has 2 rings (SSSR count). The minimum absolute atomic E-state index is 0.000242. The number of nitrogens with one attached hydrogen (secondary N) is 2. The van der Waals surface area contributed by atoms with Crippen molar-refractivity contribution in [3.63, 3.8) is 0 Å². The lowest BCUT2D eigenvalue weighted by Crippen LogP contribution is -2.28. The van der Waals surface area contributed by atoms with Gasteiger partial charge in [0.2, 0.25) is 10.0 Å². The molecule has 2 N–H and O–H groups in total. The van der Waals surface area contributed by atoms with Crippen LogP contribution in [0.5, 0.6) is 0 Å². The van der Waals surface area contributed by atoms with Gasteiger partial charge < -0.3 is 10.1 Å². The van der Waals surface area contributed by atoms with Gasteiger partial charge in [0.25, 0.3) is 5.91 Å². The van der Waals surface area contributed by atoms with E-state index in [0.717, 1.165) is 11.1 Å². The van der Waals surface area contributed by atoms with Crippen LogP contribution in [0.2, 0.25) is 0 Å². The van der Waals surface area contributed by atoms with Gasteiger partial charge in [-0.25, -0.2) is 17.9 Å². The number of carbonyl (C=O) groups excluding carboxylic acids is 2. The number of aryl methyl sites for hydroxylation is 1. The number of hydrogen-bond donors (Lipinski definition) is 2. The first-order valence-electron chi connectivity index (χ1n) is 8.78. The Labute approximate surface area is 169 Å². The van der Waals surface area contributed by atoms with Gasteiger partial charge in [-0.15, -0.1) is 0 Å². The Balaban J connectivity index is 1.85. The molecule has 0 spiro atoms. The molecule has 0 aliphatic rings. The smallest absolute Gasteiger partial charge is 0.338 e. The molecule has 2 aromatic carbocycles. The van der Waals surface area contributed by atoms with E-state index in [9.17, 15) is 18.0 Å². The first-order chi connectivity index (χ1) is 13.8. The Kier molecular flexibility index (Phi) is 7.88. The number of hydrogen-bond acceptors (Lipinski definition) is 6. The predicted molar refractivity (Wildman–Crippen MR) is 105 cm³/mol. The molecular formula is C20H21N3O5S. The highest BCUT2D eigenvalue weighted by Crippen LogP contribution is 2.11. The number of nitrogens with zero attached hydrogens (tertiary/aromatic N) is 1. The van der Waals surface area contributed by atoms with E-state index < -0.39 is 28.5 Å². The molecule has 0 saturated heterocycles. The van der Waals surface area contributed by atoms with Gasteiger partial charge in [0, 0.05) is 19.5 Å². The second-order valence-electron chi connectivity index (χ2n) is 6.11. The third kappa shape index (κ3) is 6.71. The molecular weight excluding hydrogens is 394 g/mol. The molecule has 0 unspecified atom stereocenters. The maximum Gasteiger partial charge on any atom is 0.338 e. The van der Waals surface area contributed by atoms with E-state index in [1.807, 2.05) is 37.3 Å². The van der Waals surface area contributed by atoms with Crippen LogP contribution >= 0.6 is 0 Å². The summed E-state index contributed by atoms with van der Waals surface area (Å²) in [6.07, 6.45) is 0.0511. The fourth-order valence-corrected chi connectivity index (χ4v) is 3.39. The second-order valence-corrected chi connectivity index (χ2v) is 7.88. The molecule has 1 amide bonds. The fraction of sp³-hybridized carbons (Fsp3) is 0.250. The van der Waals surface area contributed by atoms with Crippen molar-refractivity contribution in [2.45, 2.75) is 24.8 Å². The van der Waals surface area contributed by atoms with Crippen molar-refractivity contribution in [1.82, 2.24) is 10.0 Å². The zero-order valence-electron chi connectivity index (χ0n) is 15.8. The van der Waals surface area contributed by atoms with Crippen LogP contribution in [-0.4, -0.2) is 33.4 Å². The van der Waals surface area contributed by atoms with Gasteiger partial charge >= 0.3 is 5.97 Å². The Morgan fingerprint density at radius 1 is 1.10 bits per heavy atom. The van der Waals surface area contributed by atoms with Gasteiger partial charge in [-0.05, 0) is 42.3 Å². The molecule has 9 heteroatoms. The molecule has 8 nitrogen and oxygen atoms in total. The third-order valence-corrected chi connectivity index (χ3v) is 5.48. The van der Waals surface area contributed by atoms with Crippen LogP contribution in [0, 0.1) is 18.3 Å². The number of rotatable bonds is 9. The Hall–Kier alpha value is -3.22. The SMILES string of the molecule is Cc1ccccc1CNC(=O)COC(=O)c1ccc(S(=O)(=O)NCCC#N)cc1. The van der Waals surface area contributed by atoms with Crippen LogP contribution in [0.25, 0.3) is 0 Å². The van der Waals surface area contributed by atoms with Gasteiger partial charge in [-0.3, -0.25) is 4.79 Å². The molecule has 0 aliphatic heterocycles. The second kappa shape index (κ2) is 10.4. The number of esters is 1. The highest BCUT2D eigenvalue weighted by Gasteiger charge is 2.15. The Morgan fingerprint density at radius 2 is 1.79 bits per heavy atom. The fourth-order valence-electron chi connectivity index (χ4n) is 2.36. The highest BCUT2D eigenvalue weighted by atomic mass is 32.2. The van der Waals surface area contributed by atoms with Gasteiger partial charge in [0.15, 0.2) is 6.61 Å².